The summed E-state index contributed by atoms with van der Waals surface area (Å²) >= 11 is 1.68. The van der Waals surface area contributed by atoms with Crippen LogP contribution in [0.2, 0.25) is 0 Å². The lowest BCUT2D eigenvalue weighted by molar-refractivity contribution is -0.149. The molecular weight excluding hydrogens is 510 g/mol. The Morgan fingerprint density at radius 3 is 2.28 bits per heavy atom. The van der Waals surface area contributed by atoms with Crippen LogP contribution in [-0.4, -0.2) is 91.9 Å². The van der Waals surface area contributed by atoms with Crippen molar-refractivity contribution in [3.05, 3.63) is 25.3 Å². The van der Waals surface area contributed by atoms with Gasteiger partial charge in [0.1, 0.15) is 6.04 Å². The van der Waals surface area contributed by atoms with Gasteiger partial charge >= 0.3 is 0 Å². The molecule has 3 aliphatic heterocycles. The first-order valence-electron chi connectivity index (χ1n) is 14.5. The van der Waals surface area contributed by atoms with E-state index in [0.29, 0.717) is 25.9 Å². The molecule has 0 radical (unpaired) electrons. The zero-order valence-electron chi connectivity index (χ0n) is 25.4. The topological polar surface area (TPSA) is 81.2 Å². The van der Waals surface area contributed by atoms with Gasteiger partial charge in [-0.3, -0.25) is 14.4 Å². The van der Waals surface area contributed by atoms with Gasteiger partial charge < -0.3 is 19.8 Å². The first kappa shape index (κ1) is 31.7. The van der Waals surface area contributed by atoms with Crippen molar-refractivity contribution in [1.29, 1.82) is 0 Å². The summed E-state index contributed by atoms with van der Waals surface area (Å²) in [5.41, 5.74) is -0.505. The molecule has 8 heteroatoms. The second-order valence-corrected chi connectivity index (χ2v) is 15.7. The van der Waals surface area contributed by atoms with Crippen molar-refractivity contribution in [3.63, 3.8) is 0 Å². The maximum atomic E-state index is 14.8. The predicted molar refractivity (Wildman–Crippen MR) is 159 cm³/mol. The molecule has 0 aromatic carbocycles. The Balaban J connectivity index is 2.15. The van der Waals surface area contributed by atoms with Crippen molar-refractivity contribution in [2.24, 2.45) is 23.2 Å². The first-order chi connectivity index (χ1) is 18.1. The first-order valence-corrected chi connectivity index (χ1v) is 15.3. The number of aliphatic hydroxyl groups excluding tert-OH is 1. The molecule has 39 heavy (non-hydrogen) atoms. The van der Waals surface area contributed by atoms with Gasteiger partial charge in [0, 0.05) is 30.9 Å². The fourth-order valence-corrected chi connectivity index (χ4v) is 9.90. The standard InChI is InChI=1S/C31H51N3O4S/c1-11-15-32(10)26(36)23-22-13-14-31(39-22)24(23)27(37)34(21(18-35)17-20(3)4)25(31)28(38)33(16-12-2)30(8,9)19-29(5,6)7/h11-12,20-25,35H,1-2,13-19H2,3-10H3/t21-,22-,23+,24+,25?,31?/m1/s1. The molecule has 2 bridgehead atoms. The summed E-state index contributed by atoms with van der Waals surface area (Å²) in [4.78, 5) is 48.2. The third-order valence-corrected chi connectivity index (χ3v) is 10.6. The fourth-order valence-electron chi connectivity index (χ4n) is 7.71. The highest BCUT2D eigenvalue weighted by Gasteiger charge is 2.74. The highest BCUT2D eigenvalue weighted by Crippen LogP contribution is 2.67. The van der Waals surface area contributed by atoms with Gasteiger partial charge in [0.2, 0.25) is 17.7 Å². The minimum absolute atomic E-state index is 0.00396. The molecular formula is C31H51N3O4S. The van der Waals surface area contributed by atoms with E-state index in [0.717, 1.165) is 12.8 Å². The summed E-state index contributed by atoms with van der Waals surface area (Å²) in [6.45, 7) is 23.1. The number of hydrogen-bond donors (Lipinski definition) is 1. The lowest BCUT2D eigenvalue weighted by Crippen LogP contribution is -2.61. The van der Waals surface area contributed by atoms with Crippen LogP contribution in [0.3, 0.4) is 0 Å². The van der Waals surface area contributed by atoms with Crippen LogP contribution in [0.5, 0.6) is 0 Å². The maximum Gasteiger partial charge on any atom is 0.247 e. The predicted octanol–water partition coefficient (Wildman–Crippen LogP) is 4.36. The molecule has 1 N–H and O–H groups in total. The van der Waals surface area contributed by atoms with Crippen LogP contribution in [0.1, 0.15) is 74.1 Å². The van der Waals surface area contributed by atoms with Crippen LogP contribution < -0.4 is 0 Å². The minimum atomic E-state index is -0.734. The molecule has 3 fully saturated rings. The van der Waals surface area contributed by atoms with Crippen LogP contribution in [-0.2, 0) is 14.4 Å². The Kier molecular flexibility index (Phi) is 9.43. The van der Waals surface area contributed by atoms with E-state index in [1.54, 1.807) is 40.8 Å². The van der Waals surface area contributed by atoms with Gasteiger partial charge in [-0.1, -0.05) is 46.8 Å². The number of carbonyl (C=O) groups excluding carboxylic acids is 3. The van der Waals surface area contributed by atoms with Gasteiger partial charge in [-0.2, -0.15) is 0 Å². The molecule has 7 nitrogen and oxygen atoms in total. The maximum absolute atomic E-state index is 14.8. The highest BCUT2D eigenvalue weighted by molar-refractivity contribution is 8.02. The van der Waals surface area contributed by atoms with E-state index >= 15 is 0 Å². The Morgan fingerprint density at radius 2 is 1.77 bits per heavy atom. The van der Waals surface area contributed by atoms with Gasteiger partial charge in [-0.15, -0.1) is 24.9 Å². The van der Waals surface area contributed by atoms with E-state index < -0.39 is 34.2 Å². The van der Waals surface area contributed by atoms with Gasteiger partial charge in [-0.25, -0.2) is 0 Å². The second kappa shape index (κ2) is 11.6. The van der Waals surface area contributed by atoms with Crippen molar-refractivity contribution >= 4 is 29.5 Å². The SMILES string of the molecule is C=CCN(C)C(=O)[C@@H]1[C@H]2C(=O)N([C@@H](CO)CC(C)C)C(C(=O)N(CC=C)C(C)(C)CC(C)(C)C)C23CC[C@H]1S3. The lowest BCUT2D eigenvalue weighted by atomic mass is 9.70. The van der Waals surface area contributed by atoms with Crippen LogP contribution in [0.25, 0.3) is 0 Å². The Hall–Kier alpha value is -1.80. The summed E-state index contributed by atoms with van der Waals surface area (Å²) in [5, 5.41) is 10.5. The molecule has 0 aromatic heterocycles. The number of nitrogens with zero attached hydrogens (tertiary/aromatic N) is 3. The minimum Gasteiger partial charge on any atom is -0.394 e. The molecule has 6 atom stereocenters. The second-order valence-electron chi connectivity index (χ2n) is 14.1. The molecule has 3 amide bonds. The lowest BCUT2D eigenvalue weighted by Gasteiger charge is -2.46. The summed E-state index contributed by atoms with van der Waals surface area (Å²) in [5.74, 6) is -1.13. The van der Waals surface area contributed by atoms with Crippen molar-refractivity contribution in [1.82, 2.24) is 14.7 Å². The van der Waals surface area contributed by atoms with E-state index in [1.165, 1.54) is 0 Å². The molecule has 3 heterocycles. The third-order valence-electron chi connectivity index (χ3n) is 8.66. The van der Waals surface area contributed by atoms with Crippen LogP contribution >= 0.6 is 11.8 Å². The molecule has 3 rings (SSSR count). The molecule has 0 saturated carbocycles. The largest absolute Gasteiger partial charge is 0.394 e. The Morgan fingerprint density at radius 1 is 1.15 bits per heavy atom. The fraction of sp³-hybridized carbons (Fsp3) is 0.774. The Labute approximate surface area is 240 Å². The number of fused-ring (bicyclic) bond motifs is 1. The van der Waals surface area contributed by atoms with Gasteiger partial charge in [-0.05, 0) is 50.9 Å². The van der Waals surface area contributed by atoms with Crippen molar-refractivity contribution < 1.29 is 19.5 Å². The van der Waals surface area contributed by atoms with Crippen molar-refractivity contribution in [3.8, 4) is 0 Å². The third kappa shape index (κ3) is 5.83. The van der Waals surface area contributed by atoms with E-state index in [4.69, 9.17) is 0 Å². The highest BCUT2D eigenvalue weighted by atomic mass is 32.2. The number of likely N-dealkylation sites (tertiary alicyclic amines) is 1. The summed E-state index contributed by atoms with van der Waals surface area (Å²) in [7, 11) is 1.75. The van der Waals surface area contributed by atoms with Crippen molar-refractivity contribution in [2.75, 3.05) is 26.7 Å². The van der Waals surface area contributed by atoms with E-state index in [-0.39, 0.29) is 40.9 Å². The van der Waals surface area contributed by atoms with Crippen LogP contribution in [0, 0.1) is 23.2 Å². The van der Waals surface area contributed by atoms with E-state index in [1.807, 2.05) is 4.90 Å². The molecule has 0 aromatic rings. The molecule has 220 valence electrons. The molecule has 2 unspecified atom stereocenters. The average molecular weight is 562 g/mol. The zero-order chi connectivity index (χ0) is 29.5. The number of rotatable bonds is 12. The summed E-state index contributed by atoms with van der Waals surface area (Å²) in [6, 6.07) is -1.22. The molecule has 3 aliphatic rings. The van der Waals surface area contributed by atoms with Crippen molar-refractivity contribution in [2.45, 2.75) is 102 Å². The van der Waals surface area contributed by atoms with E-state index in [9.17, 15) is 19.5 Å². The van der Waals surface area contributed by atoms with Gasteiger partial charge in [0.15, 0.2) is 0 Å². The van der Waals surface area contributed by atoms with E-state index in [2.05, 4.69) is 61.6 Å². The van der Waals surface area contributed by atoms with Crippen LogP contribution in [0.15, 0.2) is 25.3 Å². The van der Waals surface area contributed by atoms with Crippen LogP contribution in [0.4, 0.5) is 0 Å². The smallest absolute Gasteiger partial charge is 0.247 e. The number of aliphatic hydroxyl groups is 1. The average Bonchev–Trinajstić information content (AvgIpc) is 3.46. The number of likely N-dealkylation sites (N-methyl/N-ethyl adjacent to an activating group) is 1. The number of amides is 3. The normalized spacial score (nSPS) is 29.0. The molecule has 0 aliphatic carbocycles. The summed E-state index contributed by atoms with van der Waals surface area (Å²) in [6.07, 6.45) is 6.32. The molecule has 3 saturated heterocycles. The van der Waals surface area contributed by atoms with Gasteiger partial charge in [0.05, 0.1) is 29.2 Å². The number of carbonyl (C=O) groups is 3. The molecule has 1 spiro atoms. The summed E-state index contributed by atoms with van der Waals surface area (Å²) < 4.78 is -0.685. The number of hydrogen-bond acceptors (Lipinski definition) is 5. The quantitative estimate of drug-likeness (QED) is 0.358. The number of thioether (sulfide) groups is 1. The zero-order valence-corrected chi connectivity index (χ0v) is 26.2. The monoisotopic (exact) mass is 561 g/mol. The Bertz CT molecular complexity index is 973. The van der Waals surface area contributed by atoms with Gasteiger partial charge in [0.25, 0.3) is 0 Å².